The minimum Gasteiger partial charge on any atom is -0.451 e. The van der Waals surface area contributed by atoms with Gasteiger partial charge in [-0.1, -0.05) is 0 Å². The van der Waals surface area contributed by atoms with Crippen LogP contribution >= 0.6 is 0 Å². The van der Waals surface area contributed by atoms with E-state index in [4.69, 9.17) is 4.42 Å². The number of non-ortho nitro benzene ring substituents is 1. The van der Waals surface area contributed by atoms with Gasteiger partial charge in [-0.2, -0.15) is 0 Å². The lowest BCUT2D eigenvalue weighted by Gasteiger charge is -2.44. The van der Waals surface area contributed by atoms with Gasteiger partial charge in [-0.25, -0.2) is 0 Å². The number of fused-ring (bicyclic) bond motifs is 4. The van der Waals surface area contributed by atoms with E-state index in [0.717, 1.165) is 32.5 Å². The Bertz CT molecular complexity index is 777. The molecule has 3 aliphatic rings. The average molecular weight is 315 g/mol. The Morgan fingerprint density at radius 2 is 2.09 bits per heavy atom. The zero-order valence-corrected chi connectivity index (χ0v) is 12.5. The molecule has 7 nitrogen and oxygen atoms in total. The quantitative estimate of drug-likeness (QED) is 0.692. The van der Waals surface area contributed by atoms with Gasteiger partial charge < -0.3 is 14.6 Å². The summed E-state index contributed by atoms with van der Waals surface area (Å²) in [6, 6.07) is 6.05. The SMILES string of the molecule is O=C(N[C@@H]1CN2CCC1CC2)c1cc2cc([N+](=O)[O-])ccc2o1. The molecule has 0 aliphatic carbocycles. The molecule has 0 unspecified atom stereocenters. The molecular weight excluding hydrogens is 298 g/mol. The van der Waals surface area contributed by atoms with E-state index < -0.39 is 4.92 Å². The molecule has 0 radical (unpaired) electrons. The molecule has 0 spiro atoms. The van der Waals surface area contributed by atoms with Gasteiger partial charge in [-0.3, -0.25) is 14.9 Å². The van der Waals surface area contributed by atoms with E-state index in [1.807, 2.05) is 0 Å². The third kappa shape index (κ3) is 2.57. The second-order valence-electron chi connectivity index (χ2n) is 6.31. The van der Waals surface area contributed by atoms with E-state index in [9.17, 15) is 14.9 Å². The number of nitrogens with one attached hydrogen (secondary N) is 1. The van der Waals surface area contributed by atoms with Crippen LogP contribution in [0.2, 0.25) is 0 Å². The monoisotopic (exact) mass is 315 g/mol. The van der Waals surface area contributed by atoms with Crippen LogP contribution in [0.15, 0.2) is 28.7 Å². The smallest absolute Gasteiger partial charge is 0.287 e. The van der Waals surface area contributed by atoms with Crippen molar-refractivity contribution in [1.29, 1.82) is 0 Å². The average Bonchev–Trinajstić information content (AvgIpc) is 2.99. The van der Waals surface area contributed by atoms with Gasteiger partial charge in [0, 0.05) is 30.1 Å². The molecule has 0 saturated carbocycles. The van der Waals surface area contributed by atoms with Gasteiger partial charge in [-0.05, 0) is 44.0 Å². The van der Waals surface area contributed by atoms with Gasteiger partial charge in [0.1, 0.15) is 5.58 Å². The standard InChI is InChI=1S/C16H17N3O4/c20-16(17-13-9-18-5-3-10(13)4-6-18)15-8-11-7-12(19(21)22)1-2-14(11)23-15/h1-2,7-8,10,13H,3-6,9H2,(H,17,20)/t13-/m1/s1. The summed E-state index contributed by atoms with van der Waals surface area (Å²) in [5.74, 6) is 0.494. The molecule has 1 aromatic carbocycles. The largest absolute Gasteiger partial charge is 0.451 e. The number of nitrogens with zero attached hydrogens (tertiary/aromatic N) is 2. The van der Waals surface area contributed by atoms with Crippen LogP contribution in [0.4, 0.5) is 5.69 Å². The molecular formula is C16H17N3O4. The van der Waals surface area contributed by atoms with Crippen LogP contribution in [0.25, 0.3) is 11.0 Å². The summed E-state index contributed by atoms with van der Waals surface area (Å²) in [5.41, 5.74) is 0.470. The number of nitro benzene ring substituents is 1. The Morgan fingerprint density at radius 3 is 2.74 bits per heavy atom. The predicted octanol–water partition coefficient (Wildman–Crippen LogP) is 2.17. The summed E-state index contributed by atoms with van der Waals surface area (Å²) < 4.78 is 5.54. The molecule has 1 amide bonds. The van der Waals surface area contributed by atoms with Crippen molar-refractivity contribution in [2.24, 2.45) is 5.92 Å². The van der Waals surface area contributed by atoms with Crippen molar-refractivity contribution in [3.63, 3.8) is 0 Å². The van der Waals surface area contributed by atoms with E-state index in [1.54, 1.807) is 6.07 Å². The highest BCUT2D eigenvalue weighted by atomic mass is 16.6. The minimum atomic E-state index is -0.459. The maximum atomic E-state index is 12.4. The Hall–Kier alpha value is -2.41. The van der Waals surface area contributed by atoms with Gasteiger partial charge in [-0.15, -0.1) is 0 Å². The second kappa shape index (κ2) is 5.34. The lowest BCUT2D eigenvalue weighted by Crippen LogP contribution is -2.57. The Morgan fingerprint density at radius 1 is 1.30 bits per heavy atom. The van der Waals surface area contributed by atoms with Crippen molar-refractivity contribution in [1.82, 2.24) is 10.2 Å². The van der Waals surface area contributed by atoms with Crippen LogP contribution in [-0.4, -0.2) is 41.4 Å². The summed E-state index contributed by atoms with van der Waals surface area (Å²) in [7, 11) is 0. The van der Waals surface area contributed by atoms with Crippen LogP contribution in [0.3, 0.4) is 0 Å². The summed E-state index contributed by atoms with van der Waals surface area (Å²) in [5, 5.41) is 14.4. The number of carbonyl (C=O) groups excluding carboxylic acids is 1. The van der Waals surface area contributed by atoms with Crippen LogP contribution in [0.1, 0.15) is 23.4 Å². The first-order valence-electron chi connectivity index (χ1n) is 7.81. The Labute approximate surface area is 132 Å². The van der Waals surface area contributed by atoms with Crippen molar-refractivity contribution in [3.05, 3.63) is 40.1 Å². The van der Waals surface area contributed by atoms with Crippen LogP contribution in [0, 0.1) is 16.0 Å². The zero-order chi connectivity index (χ0) is 16.0. The first-order chi connectivity index (χ1) is 11.1. The molecule has 2 bridgehead atoms. The highest BCUT2D eigenvalue weighted by Crippen LogP contribution is 2.28. The predicted molar refractivity (Wildman–Crippen MR) is 83.3 cm³/mol. The van der Waals surface area contributed by atoms with Crippen LogP contribution in [0.5, 0.6) is 0 Å². The van der Waals surface area contributed by atoms with Crippen molar-refractivity contribution < 1.29 is 14.1 Å². The Kier molecular flexibility index (Phi) is 3.30. The van der Waals surface area contributed by atoms with E-state index in [-0.39, 0.29) is 23.4 Å². The molecule has 1 aromatic heterocycles. The topological polar surface area (TPSA) is 88.6 Å². The molecule has 3 fully saturated rings. The highest BCUT2D eigenvalue weighted by Gasteiger charge is 2.35. The molecule has 7 heteroatoms. The number of piperidine rings is 3. The van der Waals surface area contributed by atoms with Gasteiger partial charge in [0.15, 0.2) is 5.76 Å². The van der Waals surface area contributed by atoms with Crippen molar-refractivity contribution in [2.75, 3.05) is 19.6 Å². The van der Waals surface area contributed by atoms with E-state index in [1.165, 1.54) is 18.2 Å². The van der Waals surface area contributed by atoms with Crippen molar-refractivity contribution in [2.45, 2.75) is 18.9 Å². The first kappa shape index (κ1) is 14.2. The maximum Gasteiger partial charge on any atom is 0.287 e. The first-order valence-corrected chi connectivity index (χ1v) is 7.81. The summed E-state index contributed by atoms with van der Waals surface area (Å²) in [6.07, 6.45) is 2.24. The third-order valence-corrected chi connectivity index (χ3v) is 4.91. The normalized spacial score (nSPS) is 26.3. The van der Waals surface area contributed by atoms with Crippen LogP contribution in [-0.2, 0) is 0 Å². The maximum absolute atomic E-state index is 12.4. The molecule has 3 aliphatic heterocycles. The fourth-order valence-electron chi connectivity index (χ4n) is 3.62. The fraction of sp³-hybridized carbons (Fsp3) is 0.438. The summed E-state index contributed by atoms with van der Waals surface area (Å²) >= 11 is 0. The molecule has 2 aromatic rings. The lowest BCUT2D eigenvalue weighted by molar-refractivity contribution is -0.384. The number of furan rings is 1. The number of hydrogen-bond donors (Lipinski definition) is 1. The van der Waals surface area contributed by atoms with Crippen molar-refractivity contribution >= 4 is 22.6 Å². The fourth-order valence-corrected chi connectivity index (χ4v) is 3.62. The van der Waals surface area contributed by atoms with Gasteiger partial charge in [0.25, 0.3) is 11.6 Å². The van der Waals surface area contributed by atoms with Gasteiger partial charge in [0.2, 0.25) is 0 Å². The molecule has 5 rings (SSSR count). The van der Waals surface area contributed by atoms with Crippen LogP contribution < -0.4 is 5.32 Å². The van der Waals surface area contributed by atoms with E-state index in [2.05, 4.69) is 10.2 Å². The minimum absolute atomic E-state index is 0.0114. The molecule has 4 heterocycles. The van der Waals surface area contributed by atoms with Gasteiger partial charge in [0.05, 0.1) is 4.92 Å². The second-order valence-corrected chi connectivity index (χ2v) is 6.31. The lowest BCUT2D eigenvalue weighted by atomic mass is 9.84. The molecule has 3 saturated heterocycles. The molecule has 1 atom stereocenters. The number of nitro groups is 1. The van der Waals surface area contributed by atoms with Crippen molar-refractivity contribution in [3.8, 4) is 0 Å². The van der Waals surface area contributed by atoms with E-state index >= 15 is 0 Å². The number of amides is 1. The number of carbonyl (C=O) groups is 1. The Balaban J connectivity index is 1.54. The molecule has 1 N–H and O–H groups in total. The number of benzene rings is 1. The molecule has 120 valence electrons. The number of hydrogen-bond acceptors (Lipinski definition) is 5. The number of rotatable bonds is 3. The third-order valence-electron chi connectivity index (χ3n) is 4.91. The van der Waals surface area contributed by atoms with E-state index in [0.29, 0.717) is 16.9 Å². The highest BCUT2D eigenvalue weighted by molar-refractivity contribution is 5.96. The van der Waals surface area contributed by atoms with Gasteiger partial charge >= 0.3 is 0 Å². The summed E-state index contributed by atoms with van der Waals surface area (Å²) in [4.78, 5) is 25.1. The molecule has 23 heavy (non-hydrogen) atoms. The zero-order valence-electron chi connectivity index (χ0n) is 12.5. The summed E-state index contributed by atoms with van der Waals surface area (Å²) in [6.45, 7) is 3.12.